The summed E-state index contributed by atoms with van der Waals surface area (Å²) in [5.74, 6) is -2.45. The number of pyridine rings is 1. The van der Waals surface area contributed by atoms with Crippen molar-refractivity contribution in [1.29, 1.82) is 0 Å². The van der Waals surface area contributed by atoms with Gasteiger partial charge >= 0.3 is 12.3 Å². The van der Waals surface area contributed by atoms with Crippen LogP contribution in [-0.4, -0.2) is 115 Å². The number of alkyl carbamates (subject to hydrolysis) is 1. The molecule has 2 aromatic rings. The summed E-state index contributed by atoms with van der Waals surface area (Å²) in [5.41, 5.74) is -4.63. The molecule has 0 radical (unpaired) electrons. The zero-order chi connectivity index (χ0) is 44.0. The maximum absolute atomic E-state index is 14.9. The molecule has 16 nitrogen and oxygen atoms in total. The first-order valence-corrected chi connectivity index (χ1v) is 21.3. The van der Waals surface area contributed by atoms with Gasteiger partial charge in [0, 0.05) is 23.8 Å². The lowest BCUT2D eigenvalue weighted by Gasteiger charge is -2.35. The quantitative estimate of drug-likeness (QED) is 0.284. The van der Waals surface area contributed by atoms with Gasteiger partial charge in [0.1, 0.15) is 29.5 Å². The lowest BCUT2D eigenvalue weighted by molar-refractivity contribution is -0.244. The number of ether oxygens (including phenoxy) is 5. The van der Waals surface area contributed by atoms with Crippen molar-refractivity contribution in [2.75, 3.05) is 20.8 Å². The Morgan fingerprint density at radius 2 is 1.83 bits per heavy atom. The number of nitrogens with zero attached hydrogens (tertiary/aromatic N) is 2. The van der Waals surface area contributed by atoms with Gasteiger partial charge in [-0.05, 0) is 89.8 Å². The van der Waals surface area contributed by atoms with Crippen LogP contribution in [0.1, 0.15) is 79.6 Å². The van der Waals surface area contributed by atoms with Crippen LogP contribution in [0.3, 0.4) is 0 Å². The van der Waals surface area contributed by atoms with Gasteiger partial charge in [-0.25, -0.2) is 13.2 Å². The molecule has 0 bridgehead atoms. The monoisotopic (exact) mass is 867 g/mol. The van der Waals surface area contributed by atoms with Crippen LogP contribution < -0.4 is 29.6 Å². The molecular formula is C40H52F3N5O11S. The fraction of sp³-hybridized carbons (Fsp3) is 0.625. The van der Waals surface area contributed by atoms with E-state index < -0.39 is 92.2 Å². The molecule has 6 rings (SSSR count). The second-order valence-corrected chi connectivity index (χ2v) is 18.8. The van der Waals surface area contributed by atoms with Gasteiger partial charge in [-0.15, -0.1) is 0 Å². The molecule has 3 fully saturated rings. The number of benzene rings is 1. The van der Waals surface area contributed by atoms with E-state index in [0.29, 0.717) is 56.1 Å². The molecule has 1 aromatic carbocycles. The van der Waals surface area contributed by atoms with E-state index in [0.717, 1.165) is 4.90 Å². The second kappa shape index (κ2) is 16.5. The van der Waals surface area contributed by atoms with Crippen molar-refractivity contribution < 1.29 is 64.5 Å². The minimum atomic E-state index is -4.95. The van der Waals surface area contributed by atoms with Crippen molar-refractivity contribution in [1.82, 2.24) is 25.2 Å². The largest absolute Gasteiger partial charge is 0.497 e. The number of rotatable bonds is 10. The lowest BCUT2D eigenvalue weighted by atomic mass is 10.0. The predicted molar refractivity (Wildman–Crippen MR) is 210 cm³/mol. The number of methoxy groups -OCH3 is 2. The van der Waals surface area contributed by atoms with Crippen LogP contribution in [0.4, 0.5) is 18.0 Å². The first-order chi connectivity index (χ1) is 28.1. The Balaban J connectivity index is 1.39. The third-order valence-corrected chi connectivity index (χ3v) is 13.9. The highest BCUT2D eigenvalue weighted by Crippen LogP contribution is 2.48. The third kappa shape index (κ3) is 9.08. The highest BCUT2D eigenvalue weighted by molar-refractivity contribution is 7.91. The van der Waals surface area contributed by atoms with Crippen molar-refractivity contribution in [3.63, 3.8) is 0 Å². The van der Waals surface area contributed by atoms with Crippen LogP contribution in [0.15, 0.2) is 36.4 Å². The summed E-state index contributed by atoms with van der Waals surface area (Å²) in [6.45, 7) is 5.95. The number of fused-ring (bicyclic) bond motifs is 3. The van der Waals surface area contributed by atoms with Gasteiger partial charge in [0.25, 0.3) is 5.91 Å². The standard InChI is InChI=1S/C40H52F3N5O11S/c1-8-29-31(45-36(52)59-37(3,4)40(41,42)43)34(50)48-21-26(58-33-27-14-13-25(55-6)17-23(27)18-30(44-33)56-7)19-28(48)32(49)46-39(20-24(39)12-10-9-11-22(2)57-29)35(51)47-60(53,54)38(5)15-16-38/h10,12-14,17-18,22,24,26,28-29,31H,8-9,11,15-16,19-21H2,1-7H3,(H,45,52)(H,46,49)(H,47,51)/b12-10-/t22-,24-,26-,28+,29+,31+,39-/m1/s1. The van der Waals surface area contributed by atoms with E-state index in [2.05, 4.69) is 20.3 Å². The average Bonchev–Trinajstić information content (AvgIpc) is 4.06. The van der Waals surface area contributed by atoms with Gasteiger partial charge in [-0.3, -0.25) is 19.1 Å². The third-order valence-electron chi connectivity index (χ3n) is 11.8. The van der Waals surface area contributed by atoms with Gasteiger partial charge in [-0.2, -0.15) is 18.2 Å². The fourth-order valence-electron chi connectivity index (χ4n) is 7.41. The number of sulfonamides is 1. The predicted octanol–water partition coefficient (Wildman–Crippen LogP) is 4.44. The van der Waals surface area contributed by atoms with Crippen molar-refractivity contribution in [3.8, 4) is 17.5 Å². The van der Waals surface area contributed by atoms with E-state index >= 15 is 0 Å². The zero-order valence-corrected chi connectivity index (χ0v) is 35.3. The second-order valence-electron chi connectivity index (χ2n) is 16.6. The SMILES string of the molecule is CC[C@@H]1O[C@H](C)CC/C=C\[C@@H]2C[C@@]2(C(=O)NS(=O)(=O)C2(C)CC2)NC(=O)[C@@H]2C[C@@H](Oc3nc(OC)cc4cc(OC)ccc34)CN2C(=O)[C@H]1NC(=O)OC(C)(C)C(F)(F)F. The summed E-state index contributed by atoms with van der Waals surface area (Å²) < 4.78 is 97.1. The molecule has 7 atom stereocenters. The van der Waals surface area contributed by atoms with Crippen LogP contribution in [0.25, 0.3) is 10.8 Å². The molecule has 4 amide bonds. The van der Waals surface area contributed by atoms with E-state index in [1.165, 1.54) is 21.1 Å². The number of hydrogen-bond acceptors (Lipinski definition) is 12. The Labute approximate surface area is 346 Å². The van der Waals surface area contributed by atoms with Crippen LogP contribution >= 0.6 is 0 Å². The van der Waals surface area contributed by atoms with Gasteiger partial charge in [0.15, 0.2) is 0 Å². The number of allylic oxidation sites excluding steroid dienone is 1. The number of alkyl halides is 3. The van der Waals surface area contributed by atoms with Crippen LogP contribution in [0.2, 0.25) is 0 Å². The van der Waals surface area contributed by atoms with Gasteiger partial charge in [0.2, 0.25) is 39.2 Å². The van der Waals surface area contributed by atoms with Crippen LogP contribution in [-0.2, 0) is 33.9 Å². The topological polar surface area (TPSA) is 201 Å². The molecule has 1 saturated heterocycles. The number of aromatic nitrogens is 1. The Hall–Kier alpha value is -4.85. The maximum Gasteiger partial charge on any atom is 0.427 e. The highest BCUT2D eigenvalue weighted by atomic mass is 32.2. The smallest absolute Gasteiger partial charge is 0.427 e. The normalized spacial score (nSPS) is 28.8. The average molecular weight is 868 g/mol. The van der Waals surface area contributed by atoms with Crippen LogP contribution in [0, 0.1) is 5.92 Å². The van der Waals surface area contributed by atoms with Crippen molar-refractivity contribution in [2.45, 2.75) is 132 Å². The number of carbonyl (C=O) groups excluding carboxylic acids is 4. The molecule has 60 heavy (non-hydrogen) atoms. The molecule has 0 unspecified atom stereocenters. The van der Waals surface area contributed by atoms with E-state index in [1.54, 1.807) is 50.3 Å². The van der Waals surface area contributed by atoms with Gasteiger partial charge in [0.05, 0.1) is 37.7 Å². The van der Waals surface area contributed by atoms with Crippen LogP contribution in [0.5, 0.6) is 17.5 Å². The maximum atomic E-state index is 14.9. The molecule has 20 heteroatoms. The highest BCUT2D eigenvalue weighted by Gasteiger charge is 2.63. The zero-order valence-electron chi connectivity index (χ0n) is 34.5. The number of halogens is 3. The number of carbonyl (C=O) groups is 4. The Morgan fingerprint density at radius 3 is 2.47 bits per heavy atom. The molecule has 2 aliphatic carbocycles. The van der Waals surface area contributed by atoms with Crippen molar-refractivity contribution >= 4 is 44.6 Å². The molecule has 0 spiro atoms. The van der Waals surface area contributed by atoms with Crippen molar-refractivity contribution in [3.05, 3.63) is 36.4 Å². The van der Waals surface area contributed by atoms with Crippen molar-refractivity contribution in [2.24, 2.45) is 5.92 Å². The van der Waals surface area contributed by atoms with Gasteiger partial charge < -0.3 is 39.2 Å². The minimum absolute atomic E-state index is 0.0616. The Bertz CT molecular complexity index is 2140. The summed E-state index contributed by atoms with van der Waals surface area (Å²) >= 11 is 0. The van der Waals surface area contributed by atoms with E-state index in [-0.39, 0.29) is 37.6 Å². The lowest BCUT2D eigenvalue weighted by Crippen LogP contribution is -2.61. The molecule has 2 aliphatic heterocycles. The molecule has 3 heterocycles. The molecule has 3 N–H and O–H groups in total. The number of nitrogens with one attached hydrogen (secondary N) is 3. The Morgan fingerprint density at radius 1 is 1.12 bits per heavy atom. The van der Waals surface area contributed by atoms with Gasteiger partial charge in [-0.1, -0.05) is 19.1 Å². The molecule has 330 valence electrons. The first-order valence-electron chi connectivity index (χ1n) is 19.8. The summed E-state index contributed by atoms with van der Waals surface area (Å²) in [6, 6.07) is 3.73. The fourth-order valence-corrected chi connectivity index (χ4v) is 8.72. The summed E-state index contributed by atoms with van der Waals surface area (Å²) in [4.78, 5) is 62.2. The van der Waals surface area contributed by atoms with E-state index in [4.69, 9.17) is 23.7 Å². The summed E-state index contributed by atoms with van der Waals surface area (Å²) in [7, 11) is -1.19. The Kier molecular flexibility index (Phi) is 12.3. The van der Waals surface area contributed by atoms with E-state index in [9.17, 15) is 40.8 Å². The number of amides is 4. The molecule has 1 aromatic heterocycles. The first kappa shape index (κ1) is 44.7. The van der Waals surface area contributed by atoms with E-state index in [1.807, 2.05) is 0 Å². The number of hydrogen-bond donors (Lipinski definition) is 3. The minimum Gasteiger partial charge on any atom is -0.497 e. The molecular weight excluding hydrogens is 816 g/mol. The molecule has 4 aliphatic rings. The summed E-state index contributed by atoms with van der Waals surface area (Å²) in [6.07, 6.45) is -4.10. The molecule has 2 saturated carbocycles. The summed E-state index contributed by atoms with van der Waals surface area (Å²) in [5, 5.41) is 6.25.